The van der Waals surface area contributed by atoms with Gasteiger partial charge in [-0.25, -0.2) is 8.42 Å². The highest BCUT2D eigenvalue weighted by molar-refractivity contribution is 7.91. The van der Waals surface area contributed by atoms with Gasteiger partial charge in [-0.1, -0.05) is 32.0 Å². The maximum atomic E-state index is 12.7. The summed E-state index contributed by atoms with van der Waals surface area (Å²) in [5, 5.41) is 4.63. The average Bonchev–Trinajstić information content (AvgIpc) is 3.30. The lowest BCUT2D eigenvalue weighted by atomic mass is 10.1. The molecule has 1 aliphatic heterocycles. The summed E-state index contributed by atoms with van der Waals surface area (Å²) >= 11 is 1.14. The molecule has 1 aromatic carbocycles. The predicted molar refractivity (Wildman–Crippen MR) is 131 cm³/mol. The van der Waals surface area contributed by atoms with Crippen LogP contribution in [0, 0.1) is 19.8 Å². The van der Waals surface area contributed by atoms with Gasteiger partial charge in [-0.15, -0.1) is 11.3 Å². The normalized spacial score (nSPS) is 16.3. The summed E-state index contributed by atoms with van der Waals surface area (Å²) in [6, 6.07) is 8.86. The van der Waals surface area contributed by atoms with Crippen molar-refractivity contribution in [1.29, 1.82) is 0 Å². The Morgan fingerprint density at radius 3 is 2.44 bits per heavy atom. The van der Waals surface area contributed by atoms with Crippen molar-refractivity contribution in [2.24, 2.45) is 5.92 Å². The van der Waals surface area contributed by atoms with E-state index in [1.54, 1.807) is 17.5 Å². The number of nitrogens with one attached hydrogen (secondary N) is 2. The first-order chi connectivity index (χ1) is 15.2. The lowest BCUT2D eigenvalue weighted by Gasteiger charge is -2.37. The lowest BCUT2D eigenvalue weighted by molar-refractivity contribution is -0.123. The highest BCUT2D eigenvalue weighted by Gasteiger charge is 2.29. The van der Waals surface area contributed by atoms with Gasteiger partial charge in [-0.3, -0.25) is 9.69 Å². The Bertz CT molecular complexity index is 998. The van der Waals surface area contributed by atoms with Gasteiger partial charge in [0, 0.05) is 45.0 Å². The van der Waals surface area contributed by atoms with Crippen LogP contribution in [0.5, 0.6) is 0 Å². The van der Waals surface area contributed by atoms with E-state index in [1.165, 1.54) is 16.8 Å². The van der Waals surface area contributed by atoms with Crippen molar-refractivity contribution < 1.29 is 13.2 Å². The number of benzene rings is 1. The number of nitrogens with zero attached hydrogens (tertiary/aromatic N) is 2. The second-order valence-electron chi connectivity index (χ2n) is 8.61. The number of rotatable bonds is 9. The summed E-state index contributed by atoms with van der Waals surface area (Å²) in [6.45, 7) is 13.0. The number of piperazine rings is 1. The SMILES string of the molecule is Cc1cccc(N2CCN(CCNC(=O)C(NS(=O)(=O)c3cccs3)C(C)C)CC2)c1C. The minimum absolute atomic E-state index is 0.161. The molecule has 2 aromatic rings. The number of amides is 1. The Labute approximate surface area is 195 Å². The zero-order valence-corrected chi connectivity index (χ0v) is 20.9. The van der Waals surface area contributed by atoms with E-state index in [-0.39, 0.29) is 16.0 Å². The maximum Gasteiger partial charge on any atom is 0.250 e. The first kappa shape index (κ1) is 24.7. The number of sulfonamides is 1. The number of carbonyl (C=O) groups excluding carboxylic acids is 1. The first-order valence-corrected chi connectivity index (χ1v) is 13.4. The Kier molecular flexibility index (Phi) is 8.32. The van der Waals surface area contributed by atoms with Crippen LogP contribution in [0.15, 0.2) is 39.9 Å². The fourth-order valence-corrected chi connectivity index (χ4v) is 6.23. The molecule has 0 aliphatic carbocycles. The number of hydrogen-bond donors (Lipinski definition) is 2. The molecule has 1 atom stereocenters. The molecule has 1 aliphatic rings. The van der Waals surface area contributed by atoms with Gasteiger partial charge in [0.2, 0.25) is 5.91 Å². The summed E-state index contributed by atoms with van der Waals surface area (Å²) in [5.74, 6) is -0.444. The van der Waals surface area contributed by atoms with E-state index in [0.29, 0.717) is 6.54 Å². The van der Waals surface area contributed by atoms with Crippen LogP contribution in [0.1, 0.15) is 25.0 Å². The molecule has 2 heterocycles. The number of aryl methyl sites for hydroxylation is 1. The standard InChI is InChI=1S/C23H34N4O3S2/c1-17(2)22(25-32(29,30)21-9-6-16-31-21)23(28)24-10-11-26-12-14-27(15-13-26)20-8-5-7-18(3)19(20)4/h5-9,16-17,22,25H,10-15H2,1-4H3,(H,24,28). The van der Waals surface area contributed by atoms with E-state index in [2.05, 4.69) is 51.9 Å². The molecule has 7 nitrogen and oxygen atoms in total. The number of hydrogen-bond acceptors (Lipinski definition) is 6. The van der Waals surface area contributed by atoms with Gasteiger partial charge in [-0.05, 0) is 48.4 Å². The molecule has 3 rings (SSSR count). The number of carbonyl (C=O) groups is 1. The van der Waals surface area contributed by atoms with E-state index in [1.807, 2.05) is 13.8 Å². The van der Waals surface area contributed by atoms with Crippen LogP contribution in [0.4, 0.5) is 5.69 Å². The van der Waals surface area contributed by atoms with Gasteiger partial charge >= 0.3 is 0 Å². The molecular formula is C23H34N4O3S2. The summed E-state index contributed by atoms with van der Waals surface area (Å²) in [6.07, 6.45) is 0. The Balaban J connectivity index is 1.47. The number of anilines is 1. The molecule has 0 spiro atoms. The first-order valence-electron chi connectivity index (χ1n) is 11.1. The quantitative estimate of drug-likeness (QED) is 0.579. The van der Waals surface area contributed by atoms with Crippen molar-refractivity contribution in [1.82, 2.24) is 14.9 Å². The minimum atomic E-state index is -3.70. The predicted octanol–water partition coefficient (Wildman–Crippen LogP) is 2.61. The van der Waals surface area contributed by atoms with Crippen LogP contribution in [-0.2, 0) is 14.8 Å². The van der Waals surface area contributed by atoms with Gasteiger partial charge in [0.1, 0.15) is 10.3 Å². The molecule has 1 fully saturated rings. The maximum absolute atomic E-state index is 12.7. The molecular weight excluding hydrogens is 444 g/mol. The van der Waals surface area contributed by atoms with Crippen molar-refractivity contribution >= 4 is 33.0 Å². The molecule has 0 bridgehead atoms. The number of thiophene rings is 1. The fourth-order valence-electron chi connectivity index (χ4n) is 3.87. The molecule has 0 radical (unpaired) electrons. The lowest BCUT2D eigenvalue weighted by Crippen LogP contribution is -2.52. The monoisotopic (exact) mass is 478 g/mol. The molecule has 32 heavy (non-hydrogen) atoms. The van der Waals surface area contributed by atoms with Crippen LogP contribution in [0.2, 0.25) is 0 Å². The van der Waals surface area contributed by atoms with Crippen LogP contribution >= 0.6 is 11.3 Å². The van der Waals surface area contributed by atoms with Crippen molar-refractivity contribution in [2.45, 2.75) is 37.9 Å². The Hall–Kier alpha value is -1.94. The van der Waals surface area contributed by atoms with Crippen molar-refractivity contribution in [3.63, 3.8) is 0 Å². The highest BCUT2D eigenvalue weighted by atomic mass is 32.2. The molecule has 1 unspecified atom stereocenters. The second-order valence-corrected chi connectivity index (χ2v) is 11.5. The summed E-state index contributed by atoms with van der Waals surface area (Å²) in [4.78, 5) is 17.5. The van der Waals surface area contributed by atoms with Gasteiger partial charge in [0.05, 0.1) is 0 Å². The van der Waals surface area contributed by atoms with Crippen LogP contribution < -0.4 is 14.9 Å². The van der Waals surface area contributed by atoms with Crippen molar-refractivity contribution in [2.75, 3.05) is 44.2 Å². The van der Waals surface area contributed by atoms with Crippen molar-refractivity contribution in [3.05, 3.63) is 46.8 Å². The van der Waals surface area contributed by atoms with Gasteiger partial charge in [-0.2, -0.15) is 4.72 Å². The van der Waals surface area contributed by atoms with Crippen LogP contribution in [0.25, 0.3) is 0 Å². The molecule has 1 aromatic heterocycles. The molecule has 176 valence electrons. The van der Waals surface area contributed by atoms with Gasteiger partial charge in [0.25, 0.3) is 10.0 Å². The van der Waals surface area contributed by atoms with E-state index in [9.17, 15) is 13.2 Å². The third kappa shape index (κ3) is 6.10. The highest BCUT2D eigenvalue weighted by Crippen LogP contribution is 2.23. The van der Waals surface area contributed by atoms with E-state index < -0.39 is 16.1 Å². The third-order valence-electron chi connectivity index (χ3n) is 6.01. The van der Waals surface area contributed by atoms with Gasteiger partial charge in [0.15, 0.2) is 0 Å². The van der Waals surface area contributed by atoms with E-state index >= 15 is 0 Å². The average molecular weight is 479 g/mol. The summed E-state index contributed by atoms with van der Waals surface area (Å²) < 4.78 is 27.9. The van der Waals surface area contributed by atoms with Crippen LogP contribution in [-0.4, -0.2) is 64.5 Å². The minimum Gasteiger partial charge on any atom is -0.369 e. The van der Waals surface area contributed by atoms with Crippen molar-refractivity contribution in [3.8, 4) is 0 Å². The van der Waals surface area contributed by atoms with E-state index in [0.717, 1.165) is 44.1 Å². The third-order valence-corrected chi connectivity index (χ3v) is 8.85. The zero-order valence-electron chi connectivity index (χ0n) is 19.3. The zero-order chi connectivity index (χ0) is 23.3. The molecule has 1 saturated heterocycles. The molecule has 0 saturated carbocycles. The largest absolute Gasteiger partial charge is 0.369 e. The Morgan fingerprint density at radius 2 is 1.81 bits per heavy atom. The van der Waals surface area contributed by atoms with E-state index in [4.69, 9.17) is 0 Å². The second kappa shape index (κ2) is 10.8. The summed E-state index contributed by atoms with van der Waals surface area (Å²) in [5.41, 5.74) is 3.94. The fraction of sp³-hybridized carbons (Fsp3) is 0.522. The smallest absolute Gasteiger partial charge is 0.250 e. The van der Waals surface area contributed by atoms with Gasteiger partial charge < -0.3 is 10.2 Å². The summed E-state index contributed by atoms with van der Waals surface area (Å²) in [7, 11) is -3.70. The topological polar surface area (TPSA) is 81.8 Å². The molecule has 2 N–H and O–H groups in total. The Morgan fingerprint density at radius 1 is 1.09 bits per heavy atom. The van der Waals surface area contributed by atoms with Crippen LogP contribution in [0.3, 0.4) is 0 Å². The molecule has 1 amide bonds. The molecule has 9 heteroatoms.